The molecule has 170 valence electrons. The van der Waals surface area contributed by atoms with Crippen LogP contribution in [-0.4, -0.2) is 61.9 Å². The van der Waals surface area contributed by atoms with Gasteiger partial charge in [0.2, 0.25) is 0 Å². The lowest BCUT2D eigenvalue weighted by Crippen LogP contribution is -2.32. The molecule has 0 heterocycles. The SMILES string of the molecule is CCN(CC)C(=O)c1ccc(NC(=O)COC(=O)CNC(=O)c2cccc(OC)c2)cc1. The predicted molar refractivity (Wildman–Crippen MR) is 119 cm³/mol. The number of anilines is 1. The highest BCUT2D eigenvalue weighted by molar-refractivity contribution is 5.97. The smallest absolute Gasteiger partial charge is 0.325 e. The lowest BCUT2D eigenvalue weighted by Gasteiger charge is -2.18. The summed E-state index contributed by atoms with van der Waals surface area (Å²) in [5, 5.41) is 5.00. The molecule has 2 aromatic rings. The van der Waals surface area contributed by atoms with Crippen LogP contribution in [0.4, 0.5) is 5.69 Å². The highest BCUT2D eigenvalue weighted by Gasteiger charge is 2.14. The normalized spacial score (nSPS) is 10.1. The van der Waals surface area contributed by atoms with Crippen molar-refractivity contribution in [2.24, 2.45) is 0 Å². The molecule has 0 unspecified atom stereocenters. The van der Waals surface area contributed by atoms with Crippen LogP contribution in [0, 0.1) is 0 Å². The standard InChI is InChI=1S/C23H27N3O6/c1-4-26(5-2)23(30)16-9-11-18(12-10-16)25-20(27)15-32-21(28)14-24-22(29)17-7-6-8-19(13-17)31-3/h6-13H,4-5,14-15H2,1-3H3,(H,24,29)(H,25,27). The van der Waals surface area contributed by atoms with Crippen molar-refractivity contribution in [2.45, 2.75) is 13.8 Å². The third-order valence-corrected chi connectivity index (χ3v) is 4.56. The second kappa shape index (κ2) is 12.1. The Labute approximate surface area is 186 Å². The zero-order chi connectivity index (χ0) is 23.5. The van der Waals surface area contributed by atoms with Gasteiger partial charge in [-0.15, -0.1) is 0 Å². The number of amides is 3. The summed E-state index contributed by atoms with van der Waals surface area (Å²) in [4.78, 5) is 49.9. The highest BCUT2D eigenvalue weighted by Crippen LogP contribution is 2.13. The third-order valence-electron chi connectivity index (χ3n) is 4.56. The van der Waals surface area contributed by atoms with E-state index < -0.39 is 24.4 Å². The van der Waals surface area contributed by atoms with Crippen LogP contribution in [0.2, 0.25) is 0 Å². The predicted octanol–water partition coefficient (Wildman–Crippen LogP) is 2.09. The Kier molecular flexibility index (Phi) is 9.22. The van der Waals surface area contributed by atoms with Crippen molar-refractivity contribution in [3.8, 4) is 5.75 Å². The molecule has 0 saturated heterocycles. The third kappa shape index (κ3) is 7.12. The van der Waals surface area contributed by atoms with Gasteiger partial charge < -0.3 is 25.0 Å². The van der Waals surface area contributed by atoms with Crippen molar-refractivity contribution in [1.82, 2.24) is 10.2 Å². The molecule has 0 atom stereocenters. The summed E-state index contributed by atoms with van der Waals surface area (Å²) in [5.41, 5.74) is 1.32. The summed E-state index contributed by atoms with van der Waals surface area (Å²) in [7, 11) is 1.49. The van der Waals surface area contributed by atoms with Gasteiger partial charge in [-0.25, -0.2) is 0 Å². The molecule has 0 fully saturated rings. The first-order chi connectivity index (χ1) is 15.4. The molecule has 0 spiro atoms. The number of ether oxygens (including phenoxy) is 2. The van der Waals surface area contributed by atoms with E-state index in [0.29, 0.717) is 35.7 Å². The second-order valence-corrected chi connectivity index (χ2v) is 6.68. The zero-order valence-corrected chi connectivity index (χ0v) is 18.3. The van der Waals surface area contributed by atoms with E-state index in [4.69, 9.17) is 9.47 Å². The largest absolute Gasteiger partial charge is 0.497 e. The number of carbonyl (C=O) groups excluding carboxylic acids is 4. The highest BCUT2D eigenvalue weighted by atomic mass is 16.5. The van der Waals surface area contributed by atoms with Gasteiger partial charge in [0.15, 0.2) is 6.61 Å². The maximum Gasteiger partial charge on any atom is 0.325 e. The summed E-state index contributed by atoms with van der Waals surface area (Å²) in [6.07, 6.45) is 0. The number of hydrogen-bond acceptors (Lipinski definition) is 6. The number of benzene rings is 2. The first-order valence-corrected chi connectivity index (χ1v) is 10.1. The molecule has 9 heteroatoms. The monoisotopic (exact) mass is 441 g/mol. The molecular weight excluding hydrogens is 414 g/mol. The van der Waals surface area contributed by atoms with E-state index in [0.717, 1.165) is 0 Å². The van der Waals surface area contributed by atoms with E-state index in [9.17, 15) is 19.2 Å². The summed E-state index contributed by atoms with van der Waals surface area (Å²) >= 11 is 0. The number of methoxy groups -OCH3 is 1. The maximum absolute atomic E-state index is 12.3. The Bertz CT molecular complexity index is 954. The topological polar surface area (TPSA) is 114 Å². The van der Waals surface area contributed by atoms with Crippen LogP contribution in [-0.2, 0) is 14.3 Å². The Morgan fingerprint density at radius 1 is 0.938 bits per heavy atom. The van der Waals surface area contributed by atoms with Gasteiger partial charge in [0.05, 0.1) is 7.11 Å². The van der Waals surface area contributed by atoms with Gasteiger partial charge in [-0.3, -0.25) is 19.2 Å². The fraction of sp³-hybridized carbons (Fsp3) is 0.304. The molecular formula is C23H27N3O6. The molecule has 0 saturated carbocycles. The van der Waals surface area contributed by atoms with E-state index in [2.05, 4.69) is 10.6 Å². The van der Waals surface area contributed by atoms with Gasteiger partial charge in [0.1, 0.15) is 12.3 Å². The Balaban J connectivity index is 1.77. The van der Waals surface area contributed by atoms with Crippen molar-refractivity contribution < 1.29 is 28.7 Å². The number of esters is 1. The summed E-state index contributed by atoms with van der Waals surface area (Å²) in [6, 6.07) is 12.9. The maximum atomic E-state index is 12.3. The molecule has 9 nitrogen and oxygen atoms in total. The number of nitrogens with zero attached hydrogens (tertiary/aromatic N) is 1. The fourth-order valence-corrected chi connectivity index (χ4v) is 2.80. The summed E-state index contributed by atoms with van der Waals surface area (Å²) in [6.45, 7) is 4.14. The minimum absolute atomic E-state index is 0.0854. The van der Waals surface area contributed by atoms with Crippen molar-refractivity contribution in [3.05, 3.63) is 59.7 Å². The lowest BCUT2D eigenvalue weighted by atomic mass is 10.2. The van der Waals surface area contributed by atoms with Crippen LogP contribution in [0.25, 0.3) is 0 Å². The van der Waals surface area contributed by atoms with Gasteiger partial charge in [-0.2, -0.15) is 0 Å². The van der Waals surface area contributed by atoms with E-state index in [1.165, 1.54) is 13.2 Å². The minimum Gasteiger partial charge on any atom is -0.497 e. The molecule has 0 radical (unpaired) electrons. The minimum atomic E-state index is -0.753. The number of hydrogen-bond donors (Lipinski definition) is 2. The van der Waals surface area contributed by atoms with Gasteiger partial charge in [-0.1, -0.05) is 6.07 Å². The van der Waals surface area contributed by atoms with Gasteiger partial charge in [-0.05, 0) is 56.3 Å². The Morgan fingerprint density at radius 3 is 2.25 bits per heavy atom. The van der Waals surface area contributed by atoms with Crippen LogP contribution < -0.4 is 15.4 Å². The van der Waals surface area contributed by atoms with Crippen molar-refractivity contribution in [1.29, 1.82) is 0 Å². The van der Waals surface area contributed by atoms with Crippen LogP contribution in [0.3, 0.4) is 0 Å². The zero-order valence-electron chi connectivity index (χ0n) is 18.3. The number of nitrogens with one attached hydrogen (secondary N) is 2. The molecule has 2 rings (SSSR count). The molecule has 0 aliphatic carbocycles. The molecule has 0 aromatic heterocycles. The average molecular weight is 441 g/mol. The quantitative estimate of drug-likeness (QED) is 0.546. The van der Waals surface area contributed by atoms with E-state index in [1.807, 2.05) is 13.8 Å². The van der Waals surface area contributed by atoms with E-state index in [-0.39, 0.29) is 12.5 Å². The van der Waals surface area contributed by atoms with Gasteiger partial charge in [0.25, 0.3) is 17.7 Å². The molecule has 2 aromatic carbocycles. The first kappa shape index (κ1) is 24.4. The van der Waals surface area contributed by atoms with Crippen LogP contribution in [0.5, 0.6) is 5.75 Å². The number of rotatable bonds is 10. The van der Waals surface area contributed by atoms with Crippen LogP contribution in [0.15, 0.2) is 48.5 Å². The fourth-order valence-electron chi connectivity index (χ4n) is 2.80. The Morgan fingerprint density at radius 2 is 1.62 bits per heavy atom. The molecule has 0 aliphatic heterocycles. The lowest BCUT2D eigenvalue weighted by molar-refractivity contribution is -0.146. The van der Waals surface area contributed by atoms with Crippen LogP contribution >= 0.6 is 0 Å². The first-order valence-electron chi connectivity index (χ1n) is 10.1. The van der Waals surface area contributed by atoms with E-state index >= 15 is 0 Å². The molecule has 0 bridgehead atoms. The summed E-state index contributed by atoms with van der Waals surface area (Å²) < 4.78 is 9.93. The Hall–Kier alpha value is -3.88. The molecule has 3 amide bonds. The average Bonchev–Trinajstić information content (AvgIpc) is 2.82. The van der Waals surface area contributed by atoms with Crippen LogP contribution in [0.1, 0.15) is 34.6 Å². The molecule has 0 aliphatic rings. The summed E-state index contributed by atoms with van der Waals surface area (Å²) in [5.74, 6) is -1.33. The van der Waals surface area contributed by atoms with Crippen molar-refractivity contribution >= 4 is 29.4 Å². The van der Waals surface area contributed by atoms with Gasteiger partial charge >= 0.3 is 5.97 Å². The molecule has 2 N–H and O–H groups in total. The van der Waals surface area contributed by atoms with Crippen molar-refractivity contribution in [3.63, 3.8) is 0 Å². The van der Waals surface area contributed by atoms with E-state index in [1.54, 1.807) is 47.4 Å². The number of carbonyl (C=O) groups is 4. The molecule has 32 heavy (non-hydrogen) atoms. The second-order valence-electron chi connectivity index (χ2n) is 6.68. The van der Waals surface area contributed by atoms with Crippen molar-refractivity contribution in [2.75, 3.05) is 38.7 Å². The van der Waals surface area contributed by atoms with Gasteiger partial charge in [0, 0.05) is 29.9 Å².